The summed E-state index contributed by atoms with van der Waals surface area (Å²) in [6, 6.07) is 16.2. The molecule has 1 heterocycles. The fourth-order valence-corrected chi connectivity index (χ4v) is 2.77. The Morgan fingerprint density at radius 3 is 2.54 bits per heavy atom. The van der Waals surface area contributed by atoms with E-state index in [9.17, 15) is 9.59 Å². The predicted molar refractivity (Wildman–Crippen MR) is 98.5 cm³/mol. The summed E-state index contributed by atoms with van der Waals surface area (Å²) in [5.41, 5.74) is 0.927. The van der Waals surface area contributed by atoms with E-state index in [1.165, 1.54) is 6.26 Å². The number of benzene rings is 2. The summed E-state index contributed by atoms with van der Waals surface area (Å²) >= 11 is 0. The number of fused-ring (bicyclic) bond motifs is 1. The first-order chi connectivity index (χ1) is 12.6. The Morgan fingerprint density at radius 2 is 1.81 bits per heavy atom. The first-order valence-electron chi connectivity index (χ1n) is 8.54. The lowest BCUT2D eigenvalue weighted by Crippen LogP contribution is -2.45. The van der Waals surface area contributed by atoms with Gasteiger partial charge in [-0.05, 0) is 34.4 Å². The molecule has 0 spiro atoms. The molecule has 1 atom stereocenters. The van der Waals surface area contributed by atoms with E-state index in [1.807, 2.05) is 56.3 Å². The van der Waals surface area contributed by atoms with Crippen molar-refractivity contribution >= 4 is 22.6 Å². The van der Waals surface area contributed by atoms with Gasteiger partial charge in [0.15, 0.2) is 5.76 Å². The van der Waals surface area contributed by atoms with E-state index in [-0.39, 0.29) is 18.3 Å². The maximum absolute atomic E-state index is 12.5. The zero-order valence-electron chi connectivity index (χ0n) is 14.8. The topological polar surface area (TPSA) is 68.5 Å². The monoisotopic (exact) mass is 351 g/mol. The molecule has 1 aromatic heterocycles. The zero-order valence-corrected chi connectivity index (χ0v) is 14.8. The van der Waals surface area contributed by atoms with Crippen LogP contribution in [0.2, 0.25) is 0 Å². The van der Waals surface area contributed by atoms with Crippen molar-refractivity contribution in [2.75, 3.05) is 0 Å². The summed E-state index contributed by atoms with van der Waals surface area (Å²) in [7, 11) is 0. The first-order valence-corrected chi connectivity index (χ1v) is 8.54. The van der Waals surface area contributed by atoms with Crippen LogP contribution in [0.15, 0.2) is 65.3 Å². The third-order valence-electron chi connectivity index (χ3n) is 4.20. The number of nitrogens with one attached hydrogen (secondary N) is 1. The van der Waals surface area contributed by atoms with Crippen LogP contribution in [-0.2, 0) is 16.1 Å². The van der Waals surface area contributed by atoms with Gasteiger partial charge in [-0.1, -0.05) is 56.3 Å². The summed E-state index contributed by atoms with van der Waals surface area (Å²) in [6.45, 7) is 3.86. The molecular weight excluding hydrogens is 330 g/mol. The minimum absolute atomic E-state index is 0.117. The number of carbonyl (C=O) groups excluding carboxylic acids is 2. The molecule has 0 saturated heterocycles. The van der Waals surface area contributed by atoms with Crippen molar-refractivity contribution in [1.82, 2.24) is 5.32 Å². The van der Waals surface area contributed by atoms with Crippen LogP contribution in [0.5, 0.6) is 0 Å². The standard InChI is InChI=1S/C21H21NO4/c1-14(2)19(22-20(23)18-11-6-12-25-18)21(24)26-13-16-9-5-8-15-7-3-4-10-17(15)16/h3-12,14,19H,13H2,1-2H3,(H,22,23)/t19-/m0/s1. The van der Waals surface area contributed by atoms with E-state index in [4.69, 9.17) is 9.15 Å². The highest BCUT2D eigenvalue weighted by Gasteiger charge is 2.27. The molecule has 0 aliphatic carbocycles. The molecule has 0 unspecified atom stereocenters. The zero-order chi connectivity index (χ0) is 18.5. The van der Waals surface area contributed by atoms with Gasteiger partial charge >= 0.3 is 5.97 Å². The van der Waals surface area contributed by atoms with Crippen LogP contribution in [0.3, 0.4) is 0 Å². The predicted octanol–water partition coefficient (Wildman–Crippen LogP) is 3.93. The molecule has 5 heteroatoms. The Labute approximate surface area is 152 Å². The SMILES string of the molecule is CC(C)[C@H](NC(=O)c1ccco1)C(=O)OCc1cccc2ccccc12. The number of ether oxygens (including phenoxy) is 1. The Hall–Kier alpha value is -3.08. The molecule has 26 heavy (non-hydrogen) atoms. The number of carbonyl (C=O) groups is 2. The summed E-state index contributed by atoms with van der Waals surface area (Å²) in [4.78, 5) is 24.7. The lowest BCUT2D eigenvalue weighted by Gasteiger charge is -2.20. The third-order valence-corrected chi connectivity index (χ3v) is 4.20. The van der Waals surface area contributed by atoms with E-state index in [1.54, 1.807) is 12.1 Å². The van der Waals surface area contributed by atoms with Crippen molar-refractivity contribution in [2.24, 2.45) is 5.92 Å². The van der Waals surface area contributed by atoms with Crippen molar-refractivity contribution in [3.8, 4) is 0 Å². The maximum Gasteiger partial charge on any atom is 0.329 e. The molecule has 134 valence electrons. The van der Waals surface area contributed by atoms with Crippen LogP contribution < -0.4 is 5.32 Å². The number of hydrogen-bond acceptors (Lipinski definition) is 4. The van der Waals surface area contributed by atoms with Gasteiger partial charge in [-0.3, -0.25) is 4.79 Å². The van der Waals surface area contributed by atoms with Gasteiger partial charge in [-0.2, -0.15) is 0 Å². The Balaban J connectivity index is 1.69. The average molecular weight is 351 g/mol. The number of rotatable bonds is 6. The van der Waals surface area contributed by atoms with E-state index >= 15 is 0 Å². The van der Waals surface area contributed by atoms with E-state index in [2.05, 4.69) is 5.32 Å². The molecule has 0 aliphatic heterocycles. The normalized spacial score (nSPS) is 12.1. The lowest BCUT2D eigenvalue weighted by molar-refractivity contribution is -0.148. The molecule has 0 aliphatic rings. The van der Waals surface area contributed by atoms with Crippen LogP contribution in [0.1, 0.15) is 30.0 Å². The van der Waals surface area contributed by atoms with Crippen LogP contribution in [0.25, 0.3) is 10.8 Å². The first kappa shape index (κ1) is 17.7. The van der Waals surface area contributed by atoms with Gasteiger partial charge in [0, 0.05) is 0 Å². The van der Waals surface area contributed by atoms with E-state index in [0.717, 1.165) is 16.3 Å². The number of esters is 1. The summed E-state index contributed by atoms with van der Waals surface area (Å²) in [5, 5.41) is 4.82. The van der Waals surface area contributed by atoms with E-state index in [0.29, 0.717) is 0 Å². The van der Waals surface area contributed by atoms with Crippen LogP contribution in [-0.4, -0.2) is 17.9 Å². The molecule has 0 saturated carbocycles. The molecule has 1 N–H and O–H groups in total. The van der Waals surface area contributed by atoms with E-state index < -0.39 is 17.9 Å². The minimum atomic E-state index is -0.748. The van der Waals surface area contributed by atoms with Gasteiger partial charge in [0.2, 0.25) is 0 Å². The highest BCUT2D eigenvalue weighted by Crippen LogP contribution is 2.19. The van der Waals surface area contributed by atoms with Crippen molar-refractivity contribution < 1.29 is 18.7 Å². The molecule has 0 bridgehead atoms. The lowest BCUT2D eigenvalue weighted by atomic mass is 10.0. The molecule has 0 radical (unpaired) electrons. The van der Waals surface area contributed by atoms with Gasteiger partial charge in [-0.25, -0.2) is 4.79 Å². The molecule has 0 fully saturated rings. The van der Waals surface area contributed by atoms with Gasteiger partial charge < -0.3 is 14.5 Å². The van der Waals surface area contributed by atoms with Gasteiger partial charge in [0.25, 0.3) is 5.91 Å². The Bertz CT molecular complexity index is 894. The highest BCUT2D eigenvalue weighted by molar-refractivity contribution is 5.94. The van der Waals surface area contributed by atoms with Crippen molar-refractivity contribution in [2.45, 2.75) is 26.5 Å². The summed E-state index contributed by atoms with van der Waals surface area (Å²) in [5.74, 6) is -0.852. The second kappa shape index (κ2) is 7.87. The molecule has 1 amide bonds. The van der Waals surface area contributed by atoms with Crippen molar-refractivity contribution in [1.29, 1.82) is 0 Å². The maximum atomic E-state index is 12.5. The number of amides is 1. The average Bonchev–Trinajstić information content (AvgIpc) is 3.18. The molecule has 3 aromatic rings. The molecule has 3 rings (SSSR count). The van der Waals surface area contributed by atoms with Gasteiger partial charge in [0.1, 0.15) is 12.6 Å². The Morgan fingerprint density at radius 1 is 1.04 bits per heavy atom. The highest BCUT2D eigenvalue weighted by atomic mass is 16.5. The molecular formula is C21H21NO4. The summed E-state index contributed by atoms with van der Waals surface area (Å²) in [6.07, 6.45) is 1.41. The number of hydrogen-bond donors (Lipinski definition) is 1. The molecule has 2 aromatic carbocycles. The fraction of sp³-hybridized carbons (Fsp3) is 0.238. The van der Waals surface area contributed by atoms with Gasteiger partial charge in [0.05, 0.1) is 6.26 Å². The fourth-order valence-electron chi connectivity index (χ4n) is 2.77. The quantitative estimate of drug-likeness (QED) is 0.683. The van der Waals surface area contributed by atoms with Crippen LogP contribution >= 0.6 is 0 Å². The third kappa shape index (κ3) is 3.94. The second-order valence-electron chi connectivity index (χ2n) is 6.42. The minimum Gasteiger partial charge on any atom is -0.459 e. The second-order valence-corrected chi connectivity index (χ2v) is 6.42. The Kier molecular flexibility index (Phi) is 5.37. The molecule has 5 nitrogen and oxygen atoms in total. The number of furan rings is 1. The largest absolute Gasteiger partial charge is 0.459 e. The van der Waals surface area contributed by atoms with Crippen molar-refractivity contribution in [3.05, 3.63) is 72.2 Å². The smallest absolute Gasteiger partial charge is 0.329 e. The summed E-state index contributed by atoms with van der Waals surface area (Å²) < 4.78 is 10.6. The van der Waals surface area contributed by atoms with Crippen LogP contribution in [0.4, 0.5) is 0 Å². The van der Waals surface area contributed by atoms with Crippen molar-refractivity contribution in [3.63, 3.8) is 0 Å². The van der Waals surface area contributed by atoms with Crippen LogP contribution in [0, 0.1) is 5.92 Å². The van der Waals surface area contributed by atoms with Gasteiger partial charge in [-0.15, -0.1) is 0 Å².